The van der Waals surface area contributed by atoms with Gasteiger partial charge in [-0.05, 0) is 76.6 Å². The maximum absolute atomic E-state index is 12.7. The molecule has 0 aromatic heterocycles. The monoisotopic (exact) mass is 471 g/mol. The summed E-state index contributed by atoms with van der Waals surface area (Å²) in [6.07, 6.45) is 5.29. The van der Waals surface area contributed by atoms with Crippen LogP contribution in [0.5, 0.6) is 0 Å². The van der Waals surface area contributed by atoms with Crippen LogP contribution in [-0.2, 0) is 24.8 Å². The molecule has 10 heteroatoms. The minimum Gasteiger partial charge on any atom is -0.326 e. The first-order valence-electron chi connectivity index (χ1n) is 11.0. The fourth-order valence-corrected chi connectivity index (χ4v) is 6.54. The molecule has 0 atom stereocenters. The lowest BCUT2D eigenvalue weighted by Gasteiger charge is -2.29. The summed E-state index contributed by atoms with van der Waals surface area (Å²) in [5.74, 6) is -0.298. The van der Waals surface area contributed by atoms with Crippen LogP contribution in [-0.4, -0.2) is 51.4 Å². The van der Waals surface area contributed by atoms with E-state index < -0.39 is 25.3 Å². The van der Waals surface area contributed by atoms with Gasteiger partial charge in [0.1, 0.15) is 0 Å². The first-order valence-corrected chi connectivity index (χ1v) is 14.0. The normalized spacial score (nSPS) is 23.6. The second-order valence-corrected chi connectivity index (χ2v) is 12.9. The number of nitrogens with one attached hydrogen (secondary N) is 2. The Morgan fingerprint density at radius 1 is 0.935 bits per heavy atom. The van der Waals surface area contributed by atoms with Crippen molar-refractivity contribution in [3.05, 3.63) is 24.3 Å². The number of amides is 1. The van der Waals surface area contributed by atoms with Gasteiger partial charge < -0.3 is 5.32 Å². The van der Waals surface area contributed by atoms with Gasteiger partial charge in [0.25, 0.3) is 0 Å². The Morgan fingerprint density at radius 2 is 1.52 bits per heavy atom. The van der Waals surface area contributed by atoms with E-state index in [9.17, 15) is 21.6 Å². The van der Waals surface area contributed by atoms with Gasteiger partial charge >= 0.3 is 0 Å². The highest BCUT2D eigenvalue weighted by Gasteiger charge is 2.30. The van der Waals surface area contributed by atoms with E-state index in [2.05, 4.69) is 10.0 Å². The van der Waals surface area contributed by atoms with Crippen molar-refractivity contribution in [2.24, 2.45) is 5.92 Å². The molecule has 0 bridgehead atoms. The zero-order valence-electron chi connectivity index (χ0n) is 18.2. The van der Waals surface area contributed by atoms with Gasteiger partial charge in [0.2, 0.25) is 26.0 Å². The smallest absolute Gasteiger partial charge is 0.243 e. The van der Waals surface area contributed by atoms with Gasteiger partial charge in [-0.1, -0.05) is 6.42 Å². The van der Waals surface area contributed by atoms with Crippen molar-refractivity contribution in [2.75, 3.05) is 18.4 Å². The van der Waals surface area contributed by atoms with E-state index in [4.69, 9.17) is 0 Å². The molecule has 1 heterocycles. The third kappa shape index (κ3) is 6.06. The van der Waals surface area contributed by atoms with Crippen LogP contribution >= 0.6 is 0 Å². The number of benzene rings is 1. The molecule has 1 aromatic rings. The molecule has 1 saturated carbocycles. The van der Waals surface area contributed by atoms with Crippen LogP contribution in [0, 0.1) is 5.92 Å². The Bertz CT molecular complexity index is 961. The maximum atomic E-state index is 12.7. The van der Waals surface area contributed by atoms with Crippen molar-refractivity contribution in [1.82, 2.24) is 9.03 Å². The molecule has 0 radical (unpaired) electrons. The van der Waals surface area contributed by atoms with E-state index in [1.807, 2.05) is 0 Å². The fourth-order valence-electron chi connectivity index (χ4n) is 4.05. The van der Waals surface area contributed by atoms with E-state index in [1.54, 1.807) is 26.0 Å². The van der Waals surface area contributed by atoms with Crippen LogP contribution in [0.2, 0.25) is 0 Å². The predicted molar refractivity (Wildman–Crippen MR) is 121 cm³/mol. The van der Waals surface area contributed by atoms with Crippen molar-refractivity contribution in [1.29, 1.82) is 0 Å². The zero-order chi connectivity index (χ0) is 22.6. The lowest BCUT2D eigenvalue weighted by molar-refractivity contribution is -0.120. The minimum absolute atomic E-state index is 0.114. The summed E-state index contributed by atoms with van der Waals surface area (Å²) in [5, 5.41) is 2.39. The molecule has 174 valence electrons. The van der Waals surface area contributed by atoms with Gasteiger partial charge in [-0.3, -0.25) is 4.79 Å². The van der Waals surface area contributed by atoms with E-state index in [-0.39, 0.29) is 22.8 Å². The van der Waals surface area contributed by atoms with Crippen LogP contribution in [0.25, 0.3) is 0 Å². The molecule has 1 amide bonds. The first kappa shape index (κ1) is 24.2. The number of hydrogen-bond donors (Lipinski definition) is 2. The quantitative estimate of drug-likeness (QED) is 0.635. The zero-order valence-corrected chi connectivity index (χ0v) is 19.8. The summed E-state index contributed by atoms with van der Waals surface area (Å²) in [6.45, 7) is 4.39. The van der Waals surface area contributed by atoms with E-state index in [1.165, 1.54) is 16.4 Å². The molecule has 0 spiro atoms. The Balaban J connectivity index is 1.53. The highest BCUT2D eigenvalue weighted by atomic mass is 32.2. The van der Waals surface area contributed by atoms with Gasteiger partial charge in [-0.15, -0.1) is 0 Å². The average Bonchev–Trinajstić information content (AvgIpc) is 2.75. The molecule has 1 aliphatic heterocycles. The van der Waals surface area contributed by atoms with Crippen molar-refractivity contribution in [2.45, 2.75) is 75.0 Å². The summed E-state index contributed by atoms with van der Waals surface area (Å²) in [6, 6.07) is 6.19. The predicted octanol–water partition coefficient (Wildman–Crippen LogP) is 2.69. The van der Waals surface area contributed by atoms with Crippen LogP contribution < -0.4 is 10.0 Å². The molecular weight excluding hydrogens is 438 g/mol. The number of nitrogens with zero attached hydrogens (tertiary/aromatic N) is 1. The minimum atomic E-state index is -3.49. The number of rotatable bonds is 7. The van der Waals surface area contributed by atoms with Gasteiger partial charge in [0.05, 0.1) is 10.1 Å². The summed E-state index contributed by atoms with van der Waals surface area (Å²) < 4.78 is 53.8. The summed E-state index contributed by atoms with van der Waals surface area (Å²) in [5.41, 5.74) is 0.560. The van der Waals surface area contributed by atoms with Crippen LogP contribution in [0.3, 0.4) is 0 Å². The van der Waals surface area contributed by atoms with Crippen molar-refractivity contribution >= 4 is 31.6 Å². The number of carbonyl (C=O) groups is 1. The molecule has 2 N–H and O–H groups in total. The topological polar surface area (TPSA) is 113 Å². The number of piperidine rings is 1. The SMILES string of the molecule is CC(C)S(=O)(=O)NC1CCC(C(=O)Nc2ccc(S(=O)(=O)N3CCCCC3)cc2)CC1. The van der Waals surface area contributed by atoms with Gasteiger partial charge in [-0.25, -0.2) is 21.6 Å². The lowest BCUT2D eigenvalue weighted by atomic mass is 9.86. The Hall–Kier alpha value is -1.49. The average molecular weight is 472 g/mol. The van der Waals surface area contributed by atoms with Crippen LogP contribution in [0.1, 0.15) is 58.8 Å². The Morgan fingerprint density at radius 3 is 2.06 bits per heavy atom. The molecule has 2 aliphatic rings. The van der Waals surface area contributed by atoms with Gasteiger partial charge in [0.15, 0.2) is 0 Å². The van der Waals surface area contributed by atoms with E-state index >= 15 is 0 Å². The second-order valence-electron chi connectivity index (χ2n) is 8.74. The molecule has 1 aromatic carbocycles. The maximum Gasteiger partial charge on any atom is 0.243 e. The number of carbonyl (C=O) groups excluding carboxylic acids is 1. The molecule has 1 saturated heterocycles. The number of anilines is 1. The second kappa shape index (κ2) is 9.97. The standard InChI is InChI=1S/C21H33N3O5S2/c1-16(2)30(26,27)23-19-8-6-17(7-9-19)21(25)22-18-10-12-20(13-11-18)31(28,29)24-14-4-3-5-15-24/h10-13,16-17,19,23H,3-9,14-15H2,1-2H3,(H,22,25). The Kier molecular flexibility index (Phi) is 7.77. The molecule has 8 nitrogen and oxygen atoms in total. The molecule has 0 unspecified atom stereocenters. The lowest BCUT2D eigenvalue weighted by Crippen LogP contribution is -2.42. The van der Waals surface area contributed by atoms with Crippen LogP contribution in [0.4, 0.5) is 5.69 Å². The summed E-state index contributed by atoms with van der Waals surface area (Å²) in [7, 11) is -6.80. The largest absolute Gasteiger partial charge is 0.326 e. The molecule has 3 rings (SSSR count). The molecule has 31 heavy (non-hydrogen) atoms. The van der Waals surface area contributed by atoms with Crippen LogP contribution in [0.15, 0.2) is 29.2 Å². The summed E-state index contributed by atoms with van der Waals surface area (Å²) >= 11 is 0. The van der Waals surface area contributed by atoms with E-state index in [0.717, 1.165) is 19.3 Å². The van der Waals surface area contributed by atoms with Gasteiger partial charge in [-0.2, -0.15) is 4.31 Å². The summed E-state index contributed by atoms with van der Waals surface area (Å²) in [4.78, 5) is 12.9. The highest BCUT2D eigenvalue weighted by Crippen LogP contribution is 2.27. The Labute approximate surface area is 185 Å². The number of sulfonamides is 2. The molecule has 2 fully saturated rings. The molecule has 1 aliphatic carbocycles. The van der Waals surface area contributed by atoms with Crippen molar-refractivity contribution in [3.8, 4) is 0 Å². The van der Waals surface area contributed by atoms with E-state index in [0.29, 0.717) is 44.5 Å². The van der Waals surface area contributed by atoms with Gasteiger partial charge in [0, 0.05) is 30.7 Å². The molecular formula is C21H33N3O5S2. The third-order valence-corrected chi connectivity index (χ3v) is 9.94. The number of hydrogen-bond acceptors (Lipinski definition) is 5. The third-order valence-electron chi connectivity index (χ3n) is 6.12. The fraction of sp³-hybridized carbons (Fsp3) is 0.667. The van der Waals surface area contributed by atoms with Crippen molar-refractivity contribution in [3.63, 3.8) is 0 Å². The first-order chi connectivity index (χ1) is 14.6. The van der Waals surface area contributed by atoms with Crippen molar-refractivity contribution < 1.29 is 21.6 Å². The highest BCUT2D eigenvalue weighted by molar-refractivity contribution is 7.90.